The number of pyridine rings is 1. The molecule has 0 saturated heterocycles. The fourth-order valence-corrected chi connectivity index (χ4v) is 3.27. The molecule has 0 amide bonds. The van der Waals surface area contributed by atoms with Gasteiger partial charge in [0.25, 0.3) is 0 Å². The molecule has 0 spiro atoms. The van der Waals surface area contributed by atoms with Gasteiger partial charge in [0.05, 0.1) is 23.2 Å². The number of anilines is 1. The fraction of sp³-hybridized carbons (Fsp3) is 0.111. The van der Waals surface area contributed by atoms with E-state index in [-0.39, 0.29) is 12.4 Å². The molecule has 0 radical (unpaired) electrons. The maximum absolute atomic E-state index is 13.9. The largest absolute Gasteiger partial charge is 0.449 e. The van der Waals surface area contributed by atoms with Crippen molar-refractivity contribution in [3.05, 3.63) is 47.2 Å². The van der Waals surface area contributed by atoms with Crippen LogP contribution in [0.2, 0.25) is 5.02 Å². The second-order valence-corrected chi connectivity index (χ2v) is 6.02. The lowest BCUT2D eigenvalue weighted by atomic mass is 10.1. The third kappa shape index (κ3) is 2.29. The molecule has 4 aromatic rings. The highest BCUT2D eigenvalue weighted by Gasteiger charge is 2.21. The van der Waals surface area contributed by atoms with Gasteiger partial charge in [0, 0.05) is 21.2 Å². The summed E-state index contributed by atoms with van der Waals surface area (Å²) in [5, 5.41) is 2.19. The van der Waals surface area contributed by atoms with E-state index >= 15 is 0 Å². The molecular formula is C18H13ClFN3O2. The monoisotopic (exact) mass is 357 g/mol. The van der Waals surface area contributed by atoms with E-state index in [1.807, 2.05) is 0 Å². The van der Waals surface area contributed by atoms with Gasteiger partial charge in [-0.2, -0.15) is 0 Å². The molecule has 126 valence electrons. The highest BCUT2D eigenvalue weighted by atomic mass is 35.5. The predicted molar refractivity (Wildman–Crippen MR) is 96.5 cm³/mol. The number of ether oxygens (including phenoxy) is 1. The van der Waals surface area contributed by atoms with Crippen molar-refractivity contribution >= 4 is 56.2 Å². The van der Waals surface area contributed by atoms with Gasteiger partial charge in [0.1, 0.15) is 11.6 Å². The minimum absolute atomic E-state index is 0.211. The number of nitrogens with two attached hydrogens (primary N) is 1. The second-order valence-electron chi connectivity index (χ2n) is 5.58. The van der Waals surface area contributed by atoms with Crippen LogP contribution in [-0.4, -0.2) is 22.3 Å². The molecular weight excluding hydrogens is 345 g/mol. The minimum Gasteiger partial charge on any atom is -0.449 e. The Balaban J connectivity index is 2.29. The first-order valence-electron chi connectivity index (χ1n) is 7.66. The van der Waals surface area contributed by atoms with Crippen molar-refractivity contribution in [3.8, 4) is 0 Å². The van der Waals surface area contributed by atoms with E-state index in [1.165, 1.54) is 16.7 Å². The molecule has 0 atom stereocenters. The predicted octanol–water partition coefficient (Wildman–Crippen LogP) is 4.72. The van der Waals surface area contributed by atoms with Gasteiger partial charge in [-0.05, 0) is 43.3 Å². The number of nitrogen functional groups attached to an aromatic ring is 1. The molecule has 2 heterocycles. The van der Waals surface area contributed by atoms with Crippen LogP contribution in [0.4, 0.5) is 15.0 Å². The van der Waals surface area contributed by atoms with Gasteiger partial charge >= 0.3 is 6.09 Å². The Morgan fingerprint density at radius 3 is 2.80 bits per heavy atom. The van der Waals surface area contributed by atoms with Gasteiger partial charge in [0.2, 0.25) is 0 Å². The molecule has 2 N–H and O–H groups in total. The Morgan fingerprint density at radius 2 is 2.04 bits per heavy atom. The number of hydrogen-bond donors (Lipinski definition) is 1. The molecule has 0 unspecified atom stereocenters. The van der Waals surface area contributed by atoms with Crippen LogP contribution in [0.5, 0.6) is 0 Å². The smallest absolute Gasteiger partial charge is 0.419 e. The third-order valence-electron chi connectivity index (χ3n) is 4.10. The molecule has 7 heteroatoms. The average molecular weight is 358 g/mol. The number of benzene rings is 2. The quantitative estimate of drug-likeness (QED) is 0.535. The molecule has 5 nitrogen and oxygen atoms in total. The van der Waals surface area contributed by atoms with E-state index in [0.717, 1.165) is 0 Å². The van der Waals surface area contributed by atoms with Crippen LogP contribution in [0.3, 0.4) is 0 Å². The van der Waals surface area contributed by atoms with E-state index in [0.29, 0.717) is 37.7 Å². The number of aromatic nitrogens is 2. The van der Waals surface area contributed by atoms with Crippen molar-refractivity contribution in [2.45, 2.75) is 6.92 Å². The van der Waals surface area contributed by atoms with Crippen LogP contribution < -0.4 is 5.73 Å². The highest BCUT2D eigenvalue weighted by molar-refractivity contribution is 6.32. The summed E-state index contributed by atoms with van der Waals surface area (Å²) in [6, 6.07) is 9.27. The van der Waals surface area contributed by atoms with Crippen molar-refractivity contribution in [2.75, 3.05) is 12.3 Å². The Bertz CT molecular complexity index is 1170. The summed E-state index contributed by atoms with van der Waals surface area (Å²) in [7, 11) is 0. The van der Waals surface area contributed by atoms with Crippen LogP contribution >= 0.6 is 11.6 Å². The van der Waals surface area contributed by atoms with E-state index < -0.39 is 11.9 Å². The highest BCUT2D eigenvalue weighted by Crippen LogP contribution is 2.36. The van der Waals surface area contributed by atoms with E-state index in [9.17, 15) is 9.18 Å². The summed E-state index contributed by atoms with van der Waals surface area (Å²) < 4.78 is 20.5. The number of fused-ring (bicyclic) bond motifs is 5. The minimum atomic E-state index is -0.568. The van der Waals surface area contributed by atoms with Crippen LogP contribution in [-0.2, 0) is 4.74 Å². The summed E-state index contributed by atoms with van der Waals surface area (Å²) in [6.07, 6.45) is -0.568. The first kappa shape index (κ1) is 15.7. The van der Waals surface area contributed by atoms with Crippen molar-refractivity contribution in [3.63, 3.8) is 0 Å². The molecule has 2 aromatic carbocycles. The maximum atomic E-state index is 13.9. The zero-order valence-electron chi connectivity index (χ0n) is 13.2. The number of rotatable bonds is 1. The lowest BCUT2D eigenvalue weighted by molar-refractivity contribution is 0.156. The summed E-state index contributed by atoms with van der Waals surface area (Å²) in [5.74, 6) is -0.177. The lowest BCUT2D eigenvalue weighted by Gasteiger charge is -2.09. The third-order valence-corrected chi connectivity index (χ3v) is 4.33. The van der Waals surface area contributed by atoms with Crippen molar-refractivity contribution in [2.24, 2.45) is 0 Å². The number of hydrogen-bond acceptors (Lipinski definition) is 4. The van der Waals surface area contributed by atoms with Crippen molar-refractivity contribution in [1.82, 2.24) is 9.55 Å². The number of carbonyl (C=O) groups excluding carboxylic acids is 1. The second kappa shape index (κ2) is 5.60. The fourth-order valence-electron chi connectivity index (χ4n) is 3.10. The molecule has 25 heavy (non-hydrogen) atoms. The summed E-state index contributed by atoms with van der Waals surface area (Å²) in [4.78, 5) is 17.0. The Hall–Kier alpha value is -2.86. The van der Waals surface area contributed by atoms with E-state index in [4.69, 9.17) is 22.1 Å². The normalized spacial score (nSPS) is 11.5. The van der Waals surface area contributed by atoms with E-state index in [1.54, 1.807) is 31.2 Å². The molecule has 0 bridgehead atoms. The molecule has 0 fully saturated rings. The Labute approximate surface area is 146 Å². The molecule has 4 rings (SSSR count). The van der Waals surface area contributed by atoms with Crippen LogP contribution in [0.25, 0.3) is 32.7 Å². The standard InChI is InChI=1S/C18H13ClFN3O2/c1-2-25-18(24)23-14-6-3-9(19)7-13(14)15-16(23)12-8-10(20)4-5-11(12)17(21)22-15/h3-8H,2H2,1H3,(H2,21,22). The number of nitrogens with zero attached hydrogens (tertiary/aromatic N) is 2. The van der Waals surface area contributed by atoms with Gasteiger partial charge in [-0.15, -0.1) is 0 Å². The molecule has 0 aliphatic carbocycles. The maximum Gasteiger partial charge on any atom is 0.419 e. The first-order valence-corrected chi connectivity index (χ1v) is 8.04. The molecule has 0 aliphatic rings. The summed E-state index contributed by atoms with van der Waals surface area (Å²) in [6.45, 7) is 1.93. The van der Waals surface area contributed by atoms with Gasteiger partial charge in [-0.25, -0.2) is 18.7 Å². The average Bonchev–Trinajstić information content (AvgIpc) is 2.89. The Kier molecular flexibility index (Phi) is 3.51. The van der Waals surface area contributed by atoms with E-state index in [2.05, 4.69) is 4.98 Å². The SMILES string of the molecule is CCOC(=O)n1c2ccc(Cl)cc2c2nc(N)c3ccc(F)cc3c21. The molecule has 0 saturated carbocycles. The zero-order valence-corrected chi connectivity index (χ0v) is 14.0. The van der Waals surface area contributed by atoms with Gasteiger partial charge in [-0.1, -0.05) is 11.6 Å². The van der Waals surface area contributed by atoms with Gasteiger partial charge in [-0.3, -0.25) is 0 Å². The Morgan fingerprint density at radius 1 is 1.24 bits per heavy atom. The van der Waals surface area contributed by atoms with Crippen LogP contribution in [0.1, 0.15) is 6.92 Å². The topological polar surface area (TPSA) is 70.1 Å². The number of carbonyl (C=O) groups is 1. The molecule has 0 aliphatic heterocycles. The first-order chi connectivity index (χ1) is 12.0. The summed E-state index contributed by atoms with van der Waals surface area (Å²) in [5.41, 5.74) is 7.54. The van der Waals surface area contributed by atoms with Crippen molar-refractivity contribution in [1.29, 1.82) is 0 Å². The number of halogens is 2. The summed E-state index contributed by atoms with van der Waals surface area (Å²) >= 11 is 6.11. The van der Waals surface area contributed by atoms with Gasteiger partial charge in [0.15, 0.2) is 0 Å². The van der Waals surface area contributed by atoms with Crippen LogP contribution in [0.15, 0.2) is 36.4 Å². The van der Waals surface area contributed by atoms with Gasteiger partial charge < -0.3 is 10.5 Å². The lowest BCUT2D eigenvalue weighted by Crippen LogP contribution is -2.13. The zero-order chi connectivity index (χ0) is 17.7. The van der Waals surface area contributed by atoms with Crippen molar-refractivity contribution < 1.29 is 13.9 Å². The molecule has 2 aromatic heterocycles. The van der Waals surface area contributed by atoms with Crippen LogP contribution in [0, 0.1) is 5.82 Å².